The first-order valence-electron chi connectivity index (χ1n) is 22.2. The number of rotatable bonds is 22. The van der Waals surface area contributed by atoms with E-state index >= 15 is 0 Å². The van der Waals surface area contributed by atoms with Crippen molar-refractivity contribution in [2.24, 2.45) is 0 Å². The predicted octanol–water partition coefficient (Wildman–Crippen LogP) is 9.75. The molecule has 0 unspecified atom stereocenters. The Kier molecular flexibility index (Phi) is 25.8. The maximum absolute atomic E-state index is 12.8. The second kappa shape index (κ2) is 32.6. The molecule has 0 spiro atoms. The van der Waals surface area contributed by atoms with Crippen molar-refractivity contribution in [3.05, 3.63) is 215 Å². The van der Waals surface area contributed by atoms with Crippen molar-refractivity contribution in [1.29, 1.82) is 0 Å². The topological polar surface area (TPSA) is 177 Å². The molecular formula is C54H59ClN2O12. The number of carbonyl (C=O) groups excluding carboxylic acids is 4. The minimum Gasteiger partial charge on any atom is -0.464 e. The van der Waals surface area contributed by atoms with E-state index in [9.17, 15) is 24.3 Å². The first-order valence-corrected chi connectivity index (χ1v) is 22.7. The standard InChI is InChI=1S/C27H29NO6.C19H21NO5.C8H9ClO/c1-2-32-26(29)25(34-20-31-18-21-12-6-3-7-13-21)24(23-16-10-5-11-17-23)28-27(30)33-19-22-14-8-4-9-15-22;1-2-24-18(22)17(21)16(15-11-7-4-8-12-15)20-19(23)25-13-14-9-5-3-6-10-14;9-7-10-6-8-4-2-1-3-5-8/h3-17,24-25H,2,18-20H2,1H3,(H,28,30);3-12,16-17,21H,2,13H2,1H3,(H,20,23);1-5H,6-7H2/t24-,25-;16-,17-;/m00./s1. The number of nitrogens with one attached hydrogen (secondary N) is 2. The molecule has 0 aromatic heterocycles. The molecular weight excluding hydrogens is 904 g/mol. The Hall–Kier alpha value is -7.07. The number of esters is 2. The summed E-state index contributed by atoms with van der Waals surface area (Å²) in [6, 6.07) is 54.3. The maximum Gasteiger partial charge on any atom is 0.408 e. The van der Waals surface area contributed by atoms with Crippen LogP contribution in [0.15, 0.2) is 182 Å². The largest absolute Gasteiger partial charge is 0.464 e. The number of halogens is 1. The van der Waals surface area contributed by atoms with Crippen LogP contribution in [-0.4, -0.2) is 67.5 Å². The molecule has 0 heterocycles. The van der Waals surface area contributed by atoms with Crippen molar-refractivity contribution < 1.29 is 57.4 Å². The van der Waals surface area contributed by atoms with Gasteiger partial charge in [0.25, 0.3) is 0 Å². The second-order valence-electron chi connectivity index (χ2n) is 14.6. The van der Waals surface area contributed by atoms with Gasteiger partial charge >= 0.3 is 24.1 Å². The van der Waals surface area contributed by atoms with Crippen LogP contribution in [-0.2, 0) is 69.2 Å². The van der Waals surface area contributed by atoms with Gasteiger partial charge in [0.1, 0.15) is 26.1 Å². The predicted molar refractivity (Wildman–Crippen MR) is 260 cm³/mol. The lowest BCUT2D eigenvalue weighted by molar-refractivity contribution is -0.171. The summed E-state index contributed by atoms with van der Waals surface area (Å²) in [5, 5.41) is 15.5. The summed E-state index contributed by atoms with van der Waals surface area (Å²) in [5.41, 5.74) is 5.05. The van der Waals surface area contributed by atoms with Crippen LogP contribution in [0, 0.1) is 0 Å². The van der Waals surface area contributed by atoms with E-state index in [1.165, 1.54) is 0 Å². The van der Waals surface area contributed by atoms with Gasteiger partial charge in [-0.3, -0.25) is 0 Å². The summed E-state index contributed by atoms with van der Waals surface area (Å²) in [5.74, 6) is -1.41. The maximum atomic E-state index is 12.8. The highest BCUT2D eigenvalue weighted by atomic mass is 35.5. The Morgan fingerprint density at radius 3 is 1.22 bits per heavy atom. The number of alkyl halides is 1. The molecule has 0 fully saturated rings. The van der Waals surface area contributed by atoms with Gasteiger partial charge in [-0.1, -0.05) is 194 Å². The molecule has 0 saturated carbocycles. The first kappa shape index (κ1) is 54.5. The third kappa shape index (κ3) is 21.2. The van der Waals surface area contributed by atoms with Crippen LogP contribution in [0.4, 0.5) is 9.59 Å². The van der Waals surface area contributed by atoms with Crippen molar-refractivity contribution in [3.63, 3.8) is 0 Å². The second-order valence-corrected chi connectivity index (χ2v) is 14.8. The summed E-state index contributed by atoms with van der Waals surface area (Å²) in [6.07, 6.45) is -4.09. The Labute approximate surface area is 408 Å². The van der Waals surface area contributed by atoms with Gasteiger partial charge in [-0.2, -0.15) is 0 Å². The molecule has 6 aromatic rings. The summed E-state index contributed by atoms with van der Waals surface area (Å²) in [7, 11) is 0. The zero-order valence-electron chi connectivity index (χ0n) is 38.6. The summed E-state index contributed by atoms with van der Waals surface area (Å²) < 4.78 is 37.0. The van der Waals surface area contributed by atoms with Gasteiger partial charge in [-0.05, 0) is 47.2 Å². The average Bonchev–Trinajstić information content (AvgIpc) is 3.40. The molecule has 0 aliphatic heterocycles. The van der Waals surface area contributed by atoms with Crippen LogP contribution < -0.4 is 10.6 Å². The third-order valence-corrected chi connectivity index (χ3v) is 9.74. The molecule has 0 radical (unpaired) electrons. The van der Waals surface area contributed by atoms with Crippen molar-refractivity contribution in [1.82, 2.24) is 10.6 Å². The smallest absolute Gasteiger partial charge is 0.408 e. The van der Waals surface area contributed by atoms with Gasteiger partial charge in [0.05, 0.1) is 38.5 Å². The molecule has 6 rings (SSSR count). The number of aliphatic hydroxyl groups is 1. The highest BCUT2D eigenvalue weighted by Crippen LogP contribution is 2.22. The number of aliphatic hydroxyl groups excluding tert-OH is 1. The molecule has 3 N–H and O–H groups in total. The van der Waals surface area contributed by atoms with E-state index in [1.54, 1.807) is 56.3 Å². The van der Waals surface area contributed by atoms with Crippen LogP contribution in [0.2, 0.25) is 0 Å². The third-order valence-electron chi connectivity index (χ3n) is 9.59. The van der Waals surface area contributed by atoms with E-state index in [-0.39, 0.29) is 39.3 Å². The fourth-order valence-electron chi connectivity index (χ4n) is 6.26. The lowest BCUT2D eigenvalue weighted by atomic mass is 10.0. The molecule has 0 bridgehead atoms. The van der Waals surface area contributed by atoms with E-state index in [0.717, 1.165) is 22.3 Å². The quantitative estimate of drug-likeness (QED) is 0.0193. The van der Waals surface area contributed by atoms with Crippen molar-refractivity contribution in [2.45, 2.75) is 64.6 Å². The van der Waals surface area contributed by atoms with Gasteiger partial charge in [-0.25, -0.2) is 19.2 Å². The number of hydrogen-bond acceptors (Lipinski definition) is 12. The highest BCUT2D eigenvalue weighted by Gasteiger charge is 2.34. The highest BCUT2D eigenvalue weighted by molar-refractivity contribution is 6.17. The molecule has 0 aliphatic rings. The lowest BCUT2D eigenvalue weighted by Gasteiger charge is -2.26. The van der Waals surface area contributed by atoms with E-state index in [4.69, 9.17) is 44.8 Å². The van der Waals surface area contributed by atoms with E-state index in [0.29, 0.717) is 24.3 Å². The first-order chi connectivity index (χ1) is 33.7. The minimum absolute atomic E-state index is 0.0870. The number of amides is 2. The Morgan fingerprint density at radius 1 is 0.464 bits per heavy atom. The van der Waals surface area contributed by atoms with Crippen molar-refractivity contribution in [2.75, 3.05) is 26.1 Å². The molecule has 0 aliphatic carbocycles. The van der Waals surface area contributed by atoms with Gasteiger partial charge in [0.15, 0.2) is 12.2 Å². The fraction of sp³-hybridized carbons (Fsp3) is 0.259. The van der Waals surface area contributed by atoms with Crippen molar-refractivity contribution in [3.8, 4) is 0 Å². The van der Waals surface area contributed by atoms with Crippen LogP contribution in [0.25, 0.3) is 0 Å². The van der Waals surface area contributed by atoms with E-state index in [2.05, 4.69) is 10.6 Å². The molecule has 69 heavy (non-hydrogen) atoms. The molecule has 4 atom stereocenters. The number of ether oxygens (including phenoxy) is 7. The lowest BCUT2D eigenvalue weighted by Crippen LogP contribution is -2.43. The molecule has 15 heteroatoms. The van der Waals surface area contributed by atoms with Gasteiger partial charge in [0, 0.05) is 0 Å². The van der Waals surface area contributed by atoms with Gasteiger partial charge in [0.2, 0.25) is 0 Å². The molecule has 2 amide bonds. The Balaban J connectivity index is 0.000000258. The number of carbonyl (C=O) groups is 4. The van der Waals surface area contributed by atoms with Gasteiger partial charge in [-0.15, -0.1) is 0 Å². The Bertz CT molecular complexity index is 2320. The summed E-state index contributed by atoms with van der Waals surface area (Å²) >= 11 is 5.33. The zero-order valence-corrected chi connectivity index (χ0v) is 39.4. The normalized spacial score (nSPS) is 12.1. The van der Waals surface area contributed by atoms with Crippen LogP contribution in [0.5, 0.6) is 0 Å². The molecule has 364 valence electrons. The summed E-state index contributed by atoms with van der Waals surface area (Å²) in [4.78, 5) is 49.4. The van der Waals surface area contributed by atoms with Crippen LogP contribution >= 0.6 is 11.6 Å². The number of benzene rings is 6. The van der Waals surface area contributed by atoms with E-state index in [1.807, 2.05) is 140 Å². The SMILES string of the molecule is CCOC(=O)[C@@H](O)[C@@H](NC(=O)OCc1ccccc1)c1ccccc1.CCOC(=O)[C@@H](OCOCc1ccccc1)[C@@H](NC(=O)OCc1ccccc1)c1ccccc1.ClCOCc1ccccc1. The van der Waals surface area contributed by atoms with Gasteiger partial charge < -0.3 is 48.9 Å². The number of alkyl carbamates (subject to hydrolysis) is 2. The monoisotopic (exact) mass is 962 g/mol. The molecule has 6 aromatic carbocycles. The fourth-order valence-corrected chi connectivity index (χ4v) is 6.33. The minimum atomic E-state index is -1.54. The summed E-state index contributed by atoms with van der Waals surface area (Å²) in [6.45, 7) is 4.59. The van der Waals surface area contributed by atoms with Crippen molar-refractivity contribution >= 4 is 35.7 Å². The number of hydrogen-bond donors (Lipinski definition) is 3. The Morgan fingerprint density at radius 2 is 0.812 bits per heavy atom. The zero-order chi connectivity index (χ0) is 49.3. The molecule has 0 saturated heterocycles. The van der Waals surface area contributed by atoms with Crippen LogP contribution in [0.1, 0.15) is 59.3 Å². The molecule has 14 nitrogen and oxygen atoms in total. The van der Waals surface area contributed by atoms with E-state index < -0.39 is 48.4 Å². The van der Waals surface area contributed by atoms with Crippen LogP contribution in [0.3, 0.4) is 0 Å². The average molecular weight is 964 g/mol.